The number of ether oxygens (including phenoxy) is 3. The van der Waals surface area contributed by atoms with E-state index in [0.29, 0.717) is 6.04 Å². The number of nitrogens with one attached hydrogen (secondary N) is 1. The average Bonchev–Trinajstić information content (AvgIpc) is 3.22. The van der Waals surface area contributed by atoms with E-state index in [1.165, 1.54) is 12.8 Å². The quantitative estimate of drug-likeness (QED) is 0.875. The Labute approximate surface area is 158 Å². The lowest BCUT2D eigenvalue weighted by Gasteiger charge is -2.29. The van der Waals surface area contributed by atoms with Crippen molar-refractivity contribution >= 4 is 5.91 Å². The fourth-order valence-electron chi connectivity index (χ4n) is 3.98. The zero-order chi connectivity index (χ0) is 18.2. The molecule has 1 aromatic heterocycles. The van der Waals surface area contributed by atoms with E-state index >= 15 is 0 Å². The maximum absolute atomic E-state index is 12.6. The molecule has 2 fully saturated rings. The van der Waals surface area contributed by atoms with E-state index in [1.54, 1.807) is 0 Å². The highest BCUT2D eigenvalue weighted by Crippen LogP contribution is 2.37. The Kier molecular flexibility index (Phi) is 4.19. The largest absolute Gasteiger partial charge is 0.490 e. The van der Waals surface area contributed by atoms with Crippen molar-refractivity contribution in [3.05, 3.63) is 42.2 Å². The predicted octanol–water partition coefficient (Wildman–Crippen LogP) is 3.67. The molecule has 0 spiro atoms. The molecule has 2 heterocycles. The number of aromatic nitrogens is 1. The van der Waals surface area contributed by atoms with E-state index in [1.807, 2.05) is 36.5 Å². The summed E-state index contributed by atoms with van der Waals surface area (Å²) in [7, 11) is 0. The van der Waals surface area contributed by atoms with Crippen molar-refractivity contribution in [3.8, 4) is 17.2 Å². The summed E-state index contributed by atoms with van der Waals surface area (Å²) in [6, 6.07) is 10.3. The minimum atomic E-state index is 0.0482. The van der Waals surface area contributed by atoms with Gasteiger partial charge in [-0.3, -0.25) is 4.79 Å². The zero-order valence-electron chi connectivity index (χ0n) is 15.2. The molecule has 142 valence electrons. The predicted molar refractivity (Wildman–Crippen MR) is 99.4 cm³/mol. The molecule has 2 aliphatic carbocycles. The summed E-state index contributed by atoms with van der Waals surface area (Å²) in [6.07, 6.45) is 8.29. The Morgan fingerprint density at radius 3 is 2.67 bits per heavy atom. The van der Waals surface area contributed by atoms with Crippen LogP contribution in [0.4, 0.5) is 0 Å². The molecule has 1 amide bonds. The molecule has 1 N–H and O–H groups in total. The van der Waals surface area contributed by atoms with Gasteiger partial charge in [-0.15, -0.1) is 0 Å². The molecule has 0 atom stereocenters. The van der Waals surface area contributed by atoms with Crippen LogP contribution in [0.3, 0.4) is 0 Å². The van der Waals surface area contributed by atoms with Crippen LogP contribution in [0.5, 0.6) is 17.2 Å². The van der Waals surface area contributed by atoms with Gasteiger partial charge in [0, 0.05) is 24.3 Å². The molecule has 27 heavy (non-hydrogen) atoms. The number of benzene rings is 1. The zero-order valence-corrected chi connectivity index (χ0v) is 15.2. The molecule has 3 aliphatic rings. The standard InChI is InChI=1S/C21H24N2O4/c24-21(18-2-1-11-23(18)15-5-6-15)22-14-3-7-16(8-4-14)27-17-9-10-19-20(12-17)26-13-25-19/h1-2,9-12,14-16H,3-8,13H2,(H,22,24). The van der Waals surface area contributed by atoms with Gasteiger partial charge < -0.3 is 24.1 Å². The van der Waals surface area contributed by atoms with Gasteiger partial charge in [0.15, 0.2) is 11.5 Å². The summed E-state index contributed by atoms with van der Waals surface area (Å²) >= 11 is 0. The first-order valence-corrected chi connectivity index (χ1v) is 9.80. The molecule has 6 nitrogen and oxygen atoms in total. The van der Waals surface area contributed by atoms with Gasteiger partial charge >= 0.3 is 0 Å². The molecule has 0 bridgehead atoms. The molecular formula is C21H24N2O4. The third-order valence-electron chi connectivity index (χ3n) is 5.61. The van der Waals surface area contributed by atoms with Gasteiger partial charge in [0.25, 0.3) is 5.91 Å². The van der Waals surface area contributed by atoms with Crippen LogP contribution in [0.2, 0.25) is 0 Å². The second-order valence-corrected chi connectivity index (χ2v) is 7.61. The monoisotopic (exact) mass is 368 g/mol. The van der Waals surface area contributed by atoms with Crippen molar-refractivity contribution < 1.29 is 19.0 Å². The van der Waals surface area contributed by atoms with Crippen molar-refractivity contribution in [1.29, 1.82) is 0 Å². The maximum atomic E-state index is 12.6. The number of fused-ring (bicyclic) bond motifs is 1. The van der Waals surface area contributed by atoms with E-state index in [4.69, 9.17) is 14.2 Å². The van der Waals surface area contributed by atoms with E-state index < -0.39 is 0 Å². The third-order valence-corrected chi connectivity index (χ3v) is 5.61. The van der Waals surface area contributed by atoms with Crippen LogP contribution in [0.15, 0.2) is 36.5 Å². The van der Waals surface area contributed by atoms with E-state index in [0.717, 1.165) is 48.6 Å². The van der Waals surface area contributed by atoms with Crippen LogP contribution in [-0.4, -0.2) is 29.4 Å². The lowest BCUT2D eigenvalue weighted by Crippen LogP contribution is -2.40. The van der Waals surface area contributed by atoms with Gasteiger partial charge in [0.1, 0.15) is 11.4 Å². The summed E-state index contributed by atoms with van der Waals surface area (Å²) < 4.78 is 19.0. The Bertz CT molecular complexity index is 834. The molecule has 0 saturated heterocycles. The SMILES string of the molecule is O=C(NC1CCC(Oc2ccc3c(c2)OCO3)CC1)c1cccn1C1CC1. The topological polar surface area (TPSA) is 61.7 Å². The lowest BCUT2D eigenvalue weighted by molar-refractivity contribution is 0.0884. The second kappa shape index (κ2) is 6.83. The number of hydrogen-bond acceptors (Lipinski definition) is 4. The summed E-state index contributed by atoms with van der Waals surface area (Å²) in [5, 5.41) is 3.21. The fourth-order valence-corrected chi connectivity index (χ4v) is 3.98. The molecule has 1 aromatic carbocycles. The van der Waals surface area contributed by atoms with E-state index in [-0.39, 0.29) is 24.8 Å². The van der Waals surface area contributed by atoms with Crippen LogP contribution < -0.4 is 19.5 Å². The van der Waals surface area contributed by atoms with Crippen molar-refractivity contribution in [1.82, 2.24) is 9.88 Å². The van der Waals surface area contributed by atoms with Crippen LogP contribution >= 0.6 is 0 Å². The fraction of sp³-hybridized carbons (Fsp3) is 0.476. The minimum Gasteiger partial charge on any atom is -0.490 e. The van der Waals surface area contributed by atoms with Gasteiger partial charge in [-0.2, -0.15) is 0 Å². The third kappa shape index (κ3) is 3.48. The normalized spacial score (nSPS) is 23.9. The molecule has 5 rings (SSSR count). The van der Waals surface area contributed by atoms with E-state index in [9.17, 15) is 4.79 Å². The Balaban J connectivity index is 1.13. The molecule has 2 aromatic rings. The molecule has 1 aliphatic heterocycles. The van der Waals surface area contributed by atoms with Gasteiger partial charge in [-0.05, 0) is 62.8 Å². The Hall–Kier alpha value is -2.63. The van der Waals surface area contributed by atoms with Gasteiger partial charge in [0.2, 0.25) is 6.79 Å². The van der Waals surface area contributed by atoms with Crippen LogP contribution in [0.25, 0.3) is 0 Å². The van der Waals surface area contributed by atoms with E-state index in [2.05, 4.69) is 9.88 Å². The lowest BCUT2D eigenvalue weighted by atomic mass is 9.93. The smallest absolute Gasteiger partial charge is 0.268 e. The van der Waals surface area contributed by atoms with Crippen LogP contribution in [-0.2, 0) is 0 Å². The first-order valence-electron chi connectivity index (χ1n) is 9.80. The molecule has 6 heteroatoms. The molecule has 0 unspecified atom stereocenters. The van der Waals surface area contributed by atoms with Crippen LogP contribution in [0.1, 0.15) is 55.1 Å². The van der Waals surface area contributed by atoms with Crippen molar-refractivity contribution in [2.75, 3.05) is 6.79 Å². The van der Waals surface area contributed by atoms with Gasteiger partial charge in [-0.25, -0.2) is 0 Å². The van der Waals surface area contributed by atoms with Gasteiger partial charge in [-0.1, -0.05) is 0 Å². The number of amides is 1. The van der Waals surface area contributed by atoms with Crippen molar-refractivity contribution in [3.63, 3.8) is 0 Å². The molecule has 2 saturated carbocycles. The first-order chi connectivity index (χ1) is 13.3. The number of rotatable bonds is 5. The summed E-state index contributed by atoms with van der Waals surface area (Å²) in [5.41, 5.74) is 0.788. The summed E-state index contributed by atoms with van der Waals surface area (Å²) in [5.74, 6) is 2.37. The highest BCUT2D eigenvalue weighted by atomic mass is 16.7. The Morgan fingerprint density at radius 1 is 1.04 bits per heavy atom. The highest BCUT2D eigenvalue weighted by Gasteiger charge is 2.29. The highest BCUT2D eigenvalue weighted by molar-refractivity contribution is 5.93. The second-order valence-electron chi connectivity index (χ2n) is 7.61. The molecule has 0 radical (unpaired) electrons. The summed E-state index contributed by atoms with van der Waals surface area (Å²) in [4.78, 5) is 12.6. The summed E-state index contributed by atoms with van der Waals surface area (Å²) in [6.45, 7) is 0.272. The molecular weight excluding hydrogens is 344 g/mol. The van der Waals surface area contributed by atoms with Gasteiger partial charge in [0.05, 0.1) is 6.10 Å². The van der Waals surface area contributed by atoms with Crippen molar-refractivity contribution in [2.24, 2.45) is 0 Å². The Morgan fingerprint density at radius 2 is 1.85 bits per heavy atom. The van der Waals surface area contributed by atoms with Crippen LogP contribution in [0, 0.1) is 0 Å². The maximum Gasteiger partial charge on any atom is 0.268 e. The number of hydrogen-bond donors (Lipinski definition) is 1. The average molecular weight is 368 g/mol. The first kappa shape index (κ1) is 16.5. The number of nitrogens with zero attached hydrogens (tertiary/aromatic N) is 1. The minimum absolute atomic E-state index is 0.0482. The number of carbonyl (C=O) groups is 1. The van der Waals surface area contributed by atoms with Crippen molar-refractivity contribution in [2.45, 2.75) is 56.7 Å². The number of carbonyl (C=O) groups excluding carboxylic acids is 1.